The van der Waals surface area contributed by atoms with Gasteiger partial charge in [-0.3, -0.25) is 13.8 Å². The summed E-state index contributed by atoms with van der Waals surface area (Å²) in [4.78, 5) is 25.5. The highest BCUT2D eigenvalue weighted by atomic mass is 32.2. The fraction of sp³-hybridized carbons (Fsp3) is 0.391. The Labute approximate surface area is 192 Å². The van der Waals surface area contributed by atoms with Gasteiger partial charge in [0.1, 0.15) is 24.2 Å². The first kappa shape index (κ1) is 23.1. The molecular formula is C23H26N2O7S. The summed E-state index contributed by atoms with van der Waals surface area (Å²) in [5, 5.41) is 5.52. The van der Waals surface area contributed by atoms with Gasteiger partial charge in [-0.2, -0.15) is 8.42 Å². The molecule has 1 aliphatic carbocycles. The van der Waals surface area contributed by atoms with Crippen LogP contribution >= 0.6 is 0 Å². The van der Waals surface area contributed by atoms with Crippen LogP contribution in [0, 0.1) is 0 Å². The number of carbonyl (C=O) groups is 2. The predicted molar refractivity (Wildman–Crippen MR) is 120 cm³/mol. The Hall–Kier alpha value is -3.11. The van der Waals surface area contributed by atoms with Crippen molar-refractivity contribution in [3.8, 4) is 11.5 Å². The van der Waals surface area contributed by atoms with Gasteiger partial charge in [-0.25, -0.2) is 0 Å². The first-order valence-corrected chi connectivity index (χ1v) is 12.4. The van der Waals surface area contributed by atoms with E-state index in [-0.39, 0.29) is 24.1 Å². The van der Waals surface area contributed by atoms with Crippen LogP contribution in [0.2, 0.25) is 0 Å². The molecule has 2 N–H and O–H groups in total. The molecule has 1 saturated carbocycles. The van der Waals surface area contributed by atoms with E-state index in [9.17, 15) is 18.0 Å². The largest absolute Gasteiger partial charge is 0.497 e. The van der Waals surface area contributed by atoms with Gasteiger partial charge in [-0.15, -0.1) is 0 Å². The zero-order valence-corrected chi connectivity index (χ0v) is 19.4. The van der Waals surface area contributed by atoms with Crippen molar-refractivity contribution in [3.05, 3.63) is 58.7 Å². The maximum Gasteiger partial charge on any atom is 0.264 e. The zero-order valence-electron chi connectivity index (χ0n) is 18.6. The fourth-order valence-electron chi connectivity index (χ4n) is 3.91. The van der Waals surface area contributed by atoms with Gasteiger partial charge < -0.3 is 20.1 Å². The molecule has 10 heteroatoms. The number of rotatable bonds is 8. The molecule has 176 valence electrons. The summed E-state index contributed by atoms with van der Waals surface area (Å²) < 4.78 is 39.8. The van der Waals surface area contributed by atoms with Gasteiger partial charge in [0.2, 0.25) is 0 Å². The minimum Gasteiger partial charge on any atom is -0.497 e. The highest BCUT2D eigenvalue weighted by molar-refractivity contribution is 7.85. The molecular weight excluding hydrogens is 448 g/mol. The lowest BCUT2D eigenvalue weighted by molar-refractivity contribution is 0.0951. The van der Waals surface area contributed by atoms with E-state index in [0.717, 1.165) is 24.7 Å². The summed E-state index contributed by atoms with van der Waals surface area (Å²) in [5.41, 5.74) is 1.91. The first-order chi connectivity index (χ1) is 15.7. The van der Waals surface area contributed by atoms with Gasteiger partial charge >= 0.3 is 0 Å². The van der Waals surface area contributed by atoms with E-state index in [0.29, 0.717) is 22.6 Å². The third-order valence-corrected chi connectivity index (χ3v) is 6.20. The molecule has 0 saturated heterocycles. The summed E-state index contributed by atoms with van der Waals surface area (Å²) in [6.07, 6.45) is 2.08. The number of benzene rings is 2. The maximum atomic E-state index is 12.8. The smallest absolute Gasteiger partial charge is 0.264 e. The lowest BCUT2D eigenvalue weighted by Gasteiger charge is -2.19. The normalized spacial score (nSPS) is 19.4. The number of ether oxygens (including phenoxy) is 2. The zero-order chi connectivity index (χ0) is 23.8. The van der Waals surface area contributed by atoms with Crippen molar-refractivity contribution in [1.82, 2.24) is 10.6 Å². The SMILES string of the molecule is CNC(=O)c1cc(C(=O)NC2CC2)cc2c1O[C@@H](COS(C)(=O)=O)[C@@H]2c1cccc(OC)c1. The van der Waals surface area contributed by atoms with Crippen LogP contribution in [0.1, 0.15) is 50.6 Å². The quantitative estimate of drug-likeness (QED) is 0.560. The molecule has 1 aliphatic heterocycles. The number of amides is 2. The molecule has 0 radical (unpaired) electrons. The van der Waals surface area contributed by atoms with Gasteiger partial charge in [-0.05, 0) is 42.7 Å². The van der Waals surface area contributed by atoms with Crippen molar-refractivity contribution in [2.24, 2.45) is 0 Å². The van der Waals surface area contributed by atoms with Gasteiger partial charge in [0.25, 0.3) is 21.9 Å². The predicted octanol–water partition coefficient (Wildman–Crippen LogP) is 1.82. The summed E-state index contributed by atoms with van der Waals surface area (Å²) in [6.45, 7) is -0.258. The highest BCUT2D eigenvalue weighted by Gasteiger charge is 2.40. The Morgan fingerprint density at radius 1 is 1.15 bits per heavy atom. The van der Waals surface area contributed by atoms with E-state index in [1.807, 2.05) is 18.2 Å². The summed E-state index contributed by atoms with van der Waals surface area (Å²) in [7, 11) is -0.686. The second kappa shape index (κ2) is 9.03. The van der Waals surface area contributed by atoms with Gasteiger partial charge in [-0.1, -0.05) is 12.1 Å². The van der Waals surface area contributed by atoms with Crippen LogP contribution in [-0.4, -0.2) is 59.4 Å². The standard InChI is InChI=1S/C23H26N2O7S/c1-24-23(27)18-11-14(22(26)25-15-7-8-15)10-17-20(13-5-4-6-16(9-13)30-2)19(32-21(17)18)12-31-33(3,28)29/h4-6,9-11,15,19-20H,7-8,12H2,1-3H3,(H,24,27)(H,25,26)/t19-,20+/m0/s1. The van der Waals surface area contributed by atoms with E-state index >= 15 is 0 Å². The molecule has 2 amide bonds. The van der Waals surface area contributed by atoms with E-state index in [1.54, 1.807) is 19.2 Å². The second-order valence-electron chi connectivity index (χ2n) is 8.17. The molecule has 1 heterocycles. The molecule has 2 aromatic rings. The molecule has 2 aromatic carbocycles. The monoisotopic (exact) mass is 474 g/mol. The maximum absolute atomic E-state index is 12.8. The summed E-state index contributed by atoms with van der Waals surface area (Å²) in [6, 6.07) is 10.6. The molecule has 0 aromatic heterocycles. The molecule has 9 nitrogen and oxygen atoms in total. The van der Waals surface area contributed by atoms with Crippen molar-refractivity contribution in [2.45, 2.75) is 30.9 Å². The Morgan fingerprint density at radius 2 is 1.91 bits per heavy atom. The molecule has 1 fully saturated rings. The first-order valence-electron chi connectivity index (χ1n) is 10.6. The van der Waals surface area contributed by atoms with Crippen LogP contribution in [-0.2, 0) is 14.3 Å². The second-order valence-corrected chi connectivity index (χ2v) is 9.81. The molecule has 0 bridgehead atoms. The van der Waals surface area contributed by atoms with Crippen LogP contribution in [0.15, 0.2) is 36.4 Å². The van der Waals surface area contributed by atoms with Crippen molar-refractivity contribution < 1.29 is 31.7 Å². The molecule has 0 spiro atoms. The number of hydrogen-bond acceptors (Lipinski definition) is 7. The summed E-state index contributed by atoms with van der Waals surface area (Å²) >= 11 is 0. The average Bonchev–Trinajstić information content (AvgIpc) is 3.53. The van der Waals surface area contributed by atoms with Gasteiger partial charge in [0.05, 0.1) is 24.8 Å². The Bertz CT molecular complexity index is 1190. The van der Waals surface area contributed by atoms with Gasteiger partial charge in [0.15, 0.2) is 0 Å². The number of carbonyl (C=O) groups excluding carboxylic acids is 2. The van der Waals surface area contributed by atoms with Crippen LogP contribution in [0.25, 0.3) is 0 Å². The Balaban J connectivity index is 1.83. The molecule has 2 atom stereocenters. The van der Waals surface area contributed by atoms with Crippen LogP contribution in [0.3, 0.4) is 0 Å². The third-order valence-electron chi connectivity index (χ3n) is 5.64. The molecule has 0 unspecified atom stereocenters. The molecule has 33 heavy (non-hydrogen) atoms. The Morgan fingerprint density at radius 3 is 2.55 bits per heavy atom. The number of nitrogens with one attached hydrogen (secondary N) is 2. The highest BCUT2D eigenvalue weighted by Crippen LogP contribution is 2.46. The van der Waals surface area contributed by atoms with Crippen LogP contribution in [0.5, 0.6) is 11.5 Å². The molecule has 2 aliphatic rings. The van der Waals surface area contributed by atoms with E-state index in [4.69, 9.17) is 13.7 Å². The molecule has 4 rings (SSSR count). The lowest BCUT2D eigenvalue weighted by Crippen LogP contribution is -2.27. The van der Waals surface area contributed by atoms with Crippen LogP contribution < -0.4 is 20.1 Å². The van der Waals surface area contributed by atoms with Crippen LogP contribution in [0.4, 0.5) is 0 Å². The van der Waals surface area contributed by atoms with Crippen molar-refractivity contribution in [1.29, 1.82) is 0 Å². The fourth-order valence-corrected chi connectivity index (χ4v) is 4.30. The van der Waals surface area contributed by atoms with Gasteiger partial charge in [0, 0.05) is 24.2 Å². The minimum absolute atomic E-state index is 0.149. The van der Waals surface area contributed by atoms with E-state index in [1.165, 1.54) is 13.1 Å². The lowest BCUT2D eigenvalue weighted by atomic mass is 9.86. The van der Waals surface area contributed by atoms with Crippen molar-refractivity contribution in [2.75, 3.05) is 27.0 Å². The number of methoxy groups -OCH3 is 1. The Kier molecular flexibility index (Phi) is 6.31. The average molecular weight is 475 g/mol. The van der Waals surface area contributed by atoms with Crippen molar-refractivity contribution >= 4 is 21.9 Å². The summed E-state index contributed by atoms with van der Waals surface area (Å²) in [5.74, 6) is -0.272. The topological polar surface area (TPSA) is 120 Å². The van der Waals surface area contributed by atoms with E-state index < -0.39 is 28.0 Å². The van der Waals surface area contributed by atoms with E-state index in [2.05, 4.69) is 10.6 Å². The van der Waals surface area contributed by atoms with Crippen molar-refractivity contribution in [3.63, 3.8) is 0 Å². The third kappa shape index (κ3) is 5.12. The number of hydrogen-bond donors (Lipinski definition) is 2. The number of fused-ring (bicyclic) bond motifs is 1. The minimum atomic E-state index is -3.72.